The molecule has 0 heterocycles. The van der Waals surface area contributed by atoms with Crippen LogP contribution in [0.25, 0.3) is 0 Å². The number of carbonyl (C=O) groups is 1. The first-order valence-corrected chi connectivity index (χ1v) is 9.53. The average molecular weight is 373 g/mol. The van der Waals surface area contributed by atoms with Crippen LogP contribution in [0.4, 0.5) is 0 Å². The fourth-order valence-corrected chi connectivity index (χ4v) is 3.70. The van der Waals surface area contributed by atoms with Crippen LogP contribution in [0.3, 0.4) is 0 Å². The van der Waals surface area contributed by atoms with Crippen LogP contribution < -0.4 is 4.74 Å². The lowest BCUT2D eigenvalue weighted by atomic mass is 9.76. The first-order valence-electron chi connectivity index (χ1n) is 9.53. The van der Waals surface area contributed by atoms with Gasteiger partial charge in [0.15, 0.2) is 5.78 Å². The highest BCUT2D eigenvalue weighted by Gasteiger charge is 2.32. The molecule has 2 atom stereocenters. The first kappa shape index (κ1) is 19.8. The first-order chi connectivity index (χ1) is 13.6. The second-order valence-electron chi connectivity index (χ2n) is 7.26. The molecule has 3 heteroatoms. The molecular weight excluding hydrogens is 346 g/mol. The third-order valence-electron chi connectivity index (χ3n) is 4.97. The highest BCUT2D eigenvalue weighted by molar-refractivity contribution is 5.98. The van der Waals surface area contributed by atoms with Gasteiger partial charge >= 0.3 is 0 Å². The van der Waals surface area contributed by atoms with E-state index >= 15 is 0 Å². The minimum atomic E-state index is -0.216. The Balaban J connectivity index is 2.12. The number of rotatable bonds is 8. The zero-order chi connectivity index (χ0) is 19.9. The molecule has 0 amide bonds. The molecule has 3 nitrogen and oxygen atoms in total. The van der Waals surface area contributed by atoms with E-state index in [2.05, 4.69) is 23.1 Å². The Hall–Kier alpha value is -2.91. The monoisotopic (exact) mass is 373 g/mol. The van der Waals surface area contributed by atoms with E-state index in [1.165, 1.54) is 0 Å². The van der Waals surface area contributed by atoms with Crippen molar-refractivity contribution in [3.05, 3.63) is 102 Å². The van der Waals surface area contributed by atoms with Crippen molar-refractivity contribution in [2.24, 2.45) is 5.92 Å². The van der Waals surface area contributed by atoms with Crippen LogP contribution in [0.2, 0.25) is 0 Å². The SMILES string of the molecule is COc1cccc([C@H](c2ccccc2)[C@@H](CN(C)C)C(=O)c2ccccc2)c1. The topological polar surface area (TPSA) is 29.5 Å². The third kappa shape index (κ3) is 4.68. The molecule has 0 spiro atoms. The zero-order valence-electron chi connectivity index (χ0n) is 16.7. The predicted octanol–water partition coefficient (Wildman–Crippen LogP) is 4.89. The highest BCUT2D eigenvalue weighted by atomic mass is 16.5. The second-order valence-corrected chi connectivity index (χ2v) is 7.26. The van der Waals surface area contributed by atoms with E-state index in [1.54, 1.807) is 7.11 Å². The van der Waals surface area contributed by atoms with Crippen LogP contribution >= 0.6 is 0 Å². The summed E-state index contributed by atoms with van der Waals surface area (Å²) in [6, 6.07) is 27.9. The van der Waals surface area contributed by atoms with Gasteiger partial charge in [-0.25, -0.2) is 0 Å². The van der Waals surface area contributed by atoms with Crippen molar-refractivity contribution >= 4 is 5.78 Å². The van der Waals surface area contributed by atoms with Gasteiger partial charge in [-0.2, -0.15) is 0 Å². The van der Waals surface area contributed by atoms with Crippen LogP contribution in [0.1, 0.15) is 27.4 Å². The number of hydrogen-bond acceptors (Lipinski definition) is 3. The minimum absolute atomic E-state index is 0.0635. The molecule has 0 saturated heterocycles. The van der Waals surface area contributed by atoms with Gasteiger partial charge in [-0.1, -0.05) is 72.8 Å². The molecule has 3 aromatic rings. The smallest absolute Gasteiger partial charge is 0.168 e. The average Bonchev–Trinajstić information content (AvgIpc) is 2.74. The molecule has 0 radical (unpaired) electrons. The van der Waals surface area contributed by atoms with E-state index in [4.69, 9.17) is 4.74 Å². The number of ether oxygens (including phenoxy) is 1. The third-order valence-corrected chi connectivity index (χ3v) is 4.97. The molecule has 0 saturated carbocycles. The fourth-order valence-electron chi connectivity index (χ4n) is 3.70. The van der Waals surface area contributed by atoms with Crippen LogP contribution in [0, 0.1) is 5.92 Å². The summed E-state index contributed by atoms with van der Waals surface area (Å²) in [5, 5.41) is 0. The Morgan fingerprint density at radius 2 is 1.46 bits per heavy atom. The largest absolute Gasteiger partial charge is 0.497 e. The lowest BCUT2D eigenvalue weighted by molar-refractivity contribution is 0.0883. The van der Waals surface area contributed by atoms with E-state index in [0.29, 0.717) is 6.54 Å². The summed E-state index contributed by atoms with van der Waals surface area (Å²) < 4.78 is 5.45. The normalized spacial score (nSPS) is 13.1. The summed E-state index contributed by atoms with van der Waals surface area (Å²) in [4.78, 5) is 15.6. The Bertz CT molecular complexity index is 891. The van der Waals surface area contributed by atoms with E-state index in [1.807, 2.05) is 80.8 Å². The van der Waals surface area contributed by atoms with Gasteiger partial charge in [0.1, 0.15) is 5.75 Å². The van der Waals surface area contributed by atoms with Gasteiger partial charge in [-0.05, 0) is 37.4 Å². The molecule has 0 N–H and O–H groups in total. The van der Waals surface area contributed by atoms with E-state index in [0.717, 1.165) is 22.4 Å². The highest BCUT2D eigenvalue weighted by Crippen LogP contribution is 2.36. The van der Waals surface area contributed by atoms with Gasteiger partial charge in [0.2, 0.25) is 0 Å². The zero-order valence-corrected chi connectivity index (χ0v) is 16.7. The van der Waals surface area contributed by atoms with E-state index < -0.39 is 0 Å². The Labute approximate surface area is 167 Å². The number of carbonyl (C=O) groups excluding carboxylic acids is 1. The molecule has 3 rings (SSSR count). The summed E-state index contributed by atoms with van der Waals surface area (Å²) in [6.07, 6.45) is 0. The summed E-state index contributed by atoms with van der Waals surface area (Å²) in [5.74, 6) is 0.679. The molecule has 28 heavy (non-hydrogen) atoms. The summed E-state index contributed by atoms with van der Waals surface area (Å²) >= 11 is 0. The van der Waals surface area contributed by atoms with Crippen LogP contribution in [0.5, 0.6) is 5.75 Å². The molecule has 144 valence electrons. The molecule has 0 aromatic heterocycles. The van der Waals surface area contributed by atoms with Crippen LogP contribution in [-0.2, 0) is 0 Å². The molecule has 0 unspecified atom stereocenters. The van der Waals surface area contributed by atoms with Crippen molar-refractivity contribution < 1.29 is 9.53 Å². The number of benzene rings is 3. The molecule has 0 bridgehead atoms. The van der Waals surface area contributed by atoms with Crippen molar-refractivity contribution in [3.63, 3.8) is 0 Å². The van der Waals surface area contributed by atoms with E-state index in [-0.39, 0.29) is 17.6 Å². The quantitative estimate of drug-likeness (QED) is 0.527. The van der Waals surface area contributed by atoms with E-state index in [9.17, 15) is 4.79 Å². The summed E-state index contributed by atoms with van der Waals surface area (Å²) in [7, 11) is 5.70. The van der Waals surface area contributed by atoms with Crippen LogP contribution in [0.15, 0.2) is 84.9 Å². The van der Waals surface area contributed by atoms with Gasteiger partial charge in [-0.3, -0.25) is 4.79 Å². The lowest BCUT2D eigenvalue weighted by Gasteiger charge is -2.30. The van der Waals surface area contributed by atoms with Crippen LogP contribution in [-0.4, -0.2) is 38.4 Å². The molecule has 0 aliphatic heterocycles. The van der Waals surface area contributed by atoms with Gasteiger partial charge in [0.05, 0.1) is 7.11 Å². The van der Waals surface area contributed by atoms with Crippen molar-refractivity contribution in [1.82, 2.24) is 4.90 Å². The maximum Gasteiger partial charge on any atom is 0.168 e. The lowest BCUT2D eigenvalue weighted by Crippen LogP contribution is -2.33. The number of ketones is 1. The number of methoxy groups -OCH3 is 1. The minimum Gasteiger partial charge on any atom is -0.497 e. The van der Waals surface area contributed by atoms with Gasteiger partial charge in [0, 0.05) is 23.9 Å². The number of hydrogen-bond donors (Lipinski definition) is 0. The van der Waals surface area contributed by atoms with Gasteiger partial charge in [0.25, 0.3) is 0 Å². The predicted molar refractivity (Wildman–Crippen MR) is 114 cm³/mol. The molecule has 0 fully saturated rings. The summed E-state index contributed by atoms with van der Waals surface area (Å²) in [6.45, 7) is 0.657. The Morgan fingerprint density at radius 3 is 2.07 bits per heavy atom. The molecule has 0 aliphatic rings. The molecule has 0 aliphatic carbocycles. The Kier molecular flexibility index (Phi) is 6.62. The van der Waals surface area contributed by atoms with Gasteiger partial charge < -0.3 is 9.64 Å². The summed E-state index contributed by atoms with van der Waals surface area (Å²) in [5.41, 5.74) is 2.96. The number of nitrogens with zero attached hydrogens (tertiary/aromatic N) is 1. The standard InChI is InChI=1S/C25H27NO2/c1-26(2)18-23(25(27)20-13-8-5-9-14-20)24(19-11-6-4-7-12-19)21-15-10-16-22(17-21)28-3/h4-17,23-24H,18H2,1-3H3/t23-,24+/m1/s1. The van der Waals surface area contributed by atoms with Crippen molar-refractivity contribution in [3.8, 4) is 5.75 Å². The maximum absolute atomic E-state index is 13.6. The van der Waals surface area contributed by atoms with Gasteiger partial charge in [-0.15, -0.1) is 0 Å². The van der Waals surface area contributed by atoms with Crippen molar-refractivity contribution in [2.45, 2.75) is 5.92 Å². The second kappa shape index (κ2) is 9.34. The van der Waals surface area contributed by atoms with Crippen molar-refractivity contribution in [1.29, 1.82) is 0 Å². The number of Topliss-reactive ketones (excluding diaryl/α,β-unsaturated/α-hetero) is 1. The Morgan fingerprint density at radius 1 is 0.857 bits per heavy atom. The van der Waals surface area contributed by atoms with Crippen molar-refractivity contribution in [2.75, 3.05) is 27.7 Å². The maximum atomic E-state index is 13.6. The fraction of sp³-hybridized carbons (Fsp3) is 0.240. The molecule has 3 aromatic carbocycles. The molecular formula is C25H27NO2.